The molecule has 0 aliphatic carbocycles. The highest BCUT2D eigenvalue weighted by molar-refractivity contribution is 6.07. The monoisotopic (exact) mass is 408 g/mol. The first-order valence-corrected chi connectivity index (χ1v) is 9.67. The van der Waals surface area contributed by atoms with Gasteiger partial charge in [0.25, 0.3) is 0 Å². The lowest BCUT2D eigenvalue weighted by atomic mass is 9.99. The van der Waals surface area contributed by atoms with Crippen molar-refractivity contribution in [2.45, 2.75) is 26.8 Å². The molecule has 6 nitrogen and oxygen atoms in total. The molecule has 1 aromatic carbocycles. The summed E-state index contributed by atoms with van der Waals surface area (Å²) in [6.45, 7) is 9.10. The zero-order chi connectivity index (χ0) is 22.4. The standard InChI is InChI=1S/C24H28N2O4/c1-7-15-26(20(27)14-13-19-11-9-8-10-12-19)18(4)23(28)21-16(2)22(24(29)30-6)25(5)17(21)3/h7-14,18H,1,15H2,2-6H3/b14-13+. The van der Waals surface area contributed by atoms with Gasteiger partial charge in [0.1, 0.15) is 5.69 Å². The molecule has 30 heavy (non-hydrogen) atoms. The molecule has 0 radical (unpaired) electrons. The third kappa shape index (κ3) is 4.59. The minimum absolute atomic E-state index is 0.222. The highest BCUT2D eigenvalue weighted by Crippen LogP contribution is 2.24. The summed E-state index contributed by atoms with van der Waals surface area (Å²) in [7, 11) is 3.02. The molecule has 1 heterocycles. The normalized spacial score (nSPS) is 11.9. The van der Waals surface area contributed by atoms with Gasteiger partial charge in [-0.05, 0) is 38.0 Å². The smallest absolute Gasteiger partial charge is 0.354 e. The molecule has 0 fully saturated rings. The molecule has 0 N–H and O–H groups in total. The second kappa shape index (κ2) is 9.87. The van der Waals surface area contributed by atoms with E-state index in [0.717, 1.165) is 5.56 Å². The van der Waals surface area contributed by atoms with Crippen LogP contribution in [-0.2, 0) is 16.6 Å². The Morgan fingerprint density at radius 3 is 2.40 bits per heavy atom. The van der Waals surface area contributed by atoms with Crippen molar-refractivity contribution in [3.05, 3.63) is 77.1 Å². The molecule has 0 spiro atoms. The summed E-state index contributed by atoms with van der Waals surface area (Å²) in [5, 5.41) is 0. The number of amides is 1. The Balaban J connectivity index is 2.36. The van der Waals surface area contributed by atoms with Crippen LogP contribution in [0.1, 0.15) is 44.6 Å². The fraction of sp³-hybridized carbons (Fsp3) is 0.292. The minimum atomic E-state index is -0.735. The Morgan fingerprint density at radius 2 is 1.83 bits per heavy atom. The second-order valence-electron chi connectivity index (χ2n) is 7.05. The molecule has 0 saturated heterocycles. The van der Waals surface area contributed by atoms with Gasteiger partial charge in [0.15, 0.2) is 5.78 Å². The number of carbonyl (C=O) groups excluding carboxylic acids is 3. The van der Waals surface area contributed by atoms with E-state index in [9.17, 15) is 14.4 Å². The first-order chi connectivity index (χ1) is 14.2. The Labute approximate surface area is 177 Å². The van der Waals surface area contributed by atoms with E-state index in [1.165, 1.54) is 18.1 Å². The van der Waals surface area contributed by atoms with Crippen LogP contribution in [0.4, 0.5) is 0 Å². The average Bonchev–Trinajstić information content (AvgIpc) is 2.97. The van der Waals surface area contributed by atoms with Gasteiger partial charge in [-0.2, -0.15) is 0 Å². The predicted molar refractivity (Wildman–Crippen MR) is 117 cm³/mol. The molecular formula is C24H28N2O4. The summed E-state index contributed by atoms with van der Waals surface area (Å²) in [5.74, 6) is -1.03. The highest BCUT2D eigenvalue weighted by Gasteiger charge is 2.31. The number of hydrogen-bond acceptors (Lipinski definition) is 4. The third-order valence-electron chi connectivity index (χ3n) is 5.23. The predicted octanol–water partition coefficient (Wildman–Crippen LogP) is 3.73. The van der Waals surface area contributed by atoms with Crippen LogP contribution in [-0.4, -0.2) is 46.8 Å². The summed E-state index contributed by atoms with van der Waals surface area (Å²) < 4.78 is 6.50. The van der Waals surface area contributed by atoms with Crippen LogP contribution < -0.4 is 0 Å². The molecule has 6 heteroatoms. The number of nitrogens with zero attached hydrogens (tertiary/aromatic N) is 2. The number of ketones is 1. The maximum Gasteiger partial charge on any atom is 0.354 e. The third-order valence-corrected chi connectivity index (χ3v) is 5.23. The number of esters is 1. The van der Waals surface area contributed by atoms with Gasteiger partial charge < -0.3 is 14.2 Å². The van der Waals surface area contributed by atoms with Crippen molar-refractivity contribution in [2.24, 2.45) is 7.05 Å². The number of aromatic nitrogens is 1. The van der Waals surface area contributed by atoms with Crippen molar-refractivity contribution in [3.8, 4) is 0 Å². The molecule has 2 rings (SSSR count). The summed E-state index contributed by atoms with van der Waals surface area (Å²) >= 11 is 0. The number of Topliss-reactive ketones (excluding diaryl/α,β-unsaturated/α-hetero) is 1. The fourth-order valence-electron chi connectivity index (χ4n) is 3.48. The van der Waals surface area contributed by atoms with Crippen molar-refractivity contribution in [3.63, 3.8) is 0 Å². The van der Waals surface area contributed by atoms with Gasteiger partial charge in [0.2, 0.25) is 5.91 Å². The molecule has 1 aromatic heterocycles. The molecular weight excluding hydrogens is 380 g/mol. The van der Waals surface area contributed by atoms with E-state index in [-0.39, 0.29) is 18.2 Å². The molecule has 1 unspecified atom stereocenters. The van der Waals surface area contributed by atoms with Crippen molar-refractivity contribution >= 4 is 23.7 Å². The maximum absolute atomic E-state index is 13.3. The fourth-order valence-corrected chi connectivity index (χ4v) is 3.48. The molecule has 1 atom stereocenters. The van der Waals surface area contributed by atoms with Gasteiger partial charge in [0, 0.05) is 30.9 Å². The zero-order valence-electron chi connectivity index (χ0n) is 18.1. The quantitative estimate of drug-likeness (QED) is 0.289. The van der Waals surface area contributed by atoms with Crippen molar-refractivity contribution in [1.29, 1.82) is 0 Å². The minimum Gasteiger partial charge on any atom is -0.464 e. The molecule has 1 amide bonds. The van der Waals surface area contributed by atoms with Crippen molar-refractivity contribution in [2.75, 3.05) is 13.7 Å². The maximum atomic E-state index is 13.3. The molecule has 2 aromatic rings. The highest BCUT2D eigenvalue weighted by atomic mass is 16.5. The van der Waals surface area contributed by atoms with E-state index in [0.29, 0.717) is 22.5 Å². The molecule has 0 aliphatic heterocycles. The van der Waals surface area contributed by atoms with E-state index in [2.05, 4.69) is 6.58 Å². The number of rotatable bonds is 8. The number of hydrogen-bond donors (Lipinski definition) is 0. The molecule has 0 aliphatic rings. The second-order valence-corrected chi connectivity index (χ2v) is 7.05. The summed E-state index contributed by atoms with van der Waals surface area (Å²) in [4.78, 5) is 39.8. The molecule has 0 saturated carbocycles. The van der Waals surface area contributed by atoms with Crippen LogP contribution in [0.25, 0.3) is 6.08 Å². The van der Waals surface area contributed by atoms with Crippen molar-refractivity contribution < 1.29 is 19.1 Å². The Hall–Kier alpha value is -3.41. The summed E-state index contributed by atoms with van der Waals surface area (Å²) in [6.07, 6.45) is 4.75. The van der Waals surface area contributed by atoms with Gasteiger partial charge in [-0.25, -0.2) is 4.79 Å². The van der Waals surface area contributed by atoms with E-state index >= 15 is 0 Å². The largest absolute Gasteiger partial charge is 0.464 e. The average molecular weight is 408 g/mol. The van der Waals surface area contributed by atoms with Crippen molar-refractivity contribution in [1.82, 2.24) is 9.47 Å². The lowest BCUT2D eigenvalue weighted by Gasteiger charge is -2.26. The van der Waals surface area contributed by atoms with Gasteiger partial charge in [-0.1, -0.05) is 36.4 Å². The first-order valence-electron chi connectivity index (χ1n) is 9.67. The van der Waals surface area contributed by atoms with Crippen LogP contribution in [0.15, 0.2) is 49.1 Å². The van der Waals surface area contributed by atoms with Crippen LogP contribution in [0.3, 0.4) is 0 Å². The van der Waals surface area contributed by atoms with Crippen LogP contribution in [0, 0.1) is 13.8 Å². The van der Waals surface area contributed by atoms with Crippen LogP contribution in [0.2, 0.25) is 0 Å². The number of benzene rings is 1. The summed E-state index contributed by atoms with van der Waals surface area (Å²) in [5.41, 5.74) is 2.84. The van der Waals surface area contributed by atoms with E-state index < -0.39 is 12.0 Å². The lowest BCUT2D eigenvalue weighted by Crippen LogP contribution is -2.43. The topological polar surface area (TPSA) is 68.6 Å². The lowest BCUT2D eigenvalue weighted by molar-refractivity contribution is -0.126. The Bertz CT molecular complexity index is 986. The number of carbonyl (C=O) groups is 3. The van der Waals surface area contributed by atoms with Gasteiger partial charge in [0.05, 0.1) is 13.2 Å². The Kier molecular flexibility index (Phi) is 7.53. The van der Waals surface area contributed by atoms with E-state index in [1.807, 2.05) is 30.3 Å². The van der Waals surface area contributed by atoms with E-state index in [1.54, 1.807) is 44.5 Å². The number of ether oxygens (including phenoxy) is 1. The Morgan fingerprint density at radius 1 is 1.20 bits per heavy atom. The van der Waals surface area contributed by atoms with Gasteiger partial charge in [-0.15, -0.1) is 6.58 Å². The van der Waals surface area contributed by atoms with Crippen LogP contribution >= 0.6 is 0 Å². The van der Waals surface area contributed by atoms with Crippen LogP contribution in [0.5, 0.6) is 0 Å². The number of methoxy groups -OCH3 is 1. The van der Waals surface area contributed by atoms with E-state index in [4.69, 9.17) is 4.74 Å². The summed E-state index contributed by atoms with van der Waals surface area (Å²) in [6, 6.07) is 8.72. The molecule has 158 valence electrons. The molecule has 0 bridgehead atoms. The first kappa shape index (κ1) is 22.9. The van der Waals surface area contributed by atoms with Gasteiger partial charge >= 0.3 is 5.97 Å². The SMILES string of the molecule is C=CCN(C(=O)/C=C/c1ccccc1)C(C)C(=O)c1c(C)c(C(=O)OC)n(C)c1C. The van der Waals surface area contributed by atoms with Gasteiger partial charge in [-0.3, -0.25) is 9.59 Å². The zero-order valence-corrected chi connectivity index (χ0v) is 18.1.